The molecule has 1 unspecified atom stereocenters. The van der Waals surface area contributed by atoms with E-state index >= 15 is 0 Å². The minimum Gasteiger partial charge on any atom is -0.328 e. The highest BCUT2D eigenvalue weighted by Gasteiger charge is 2.26. The molecular weight excluding hydrogens is 174 g/mol. The van der Waals surface area contributed by atoms with Gasteiger partial charge in [-0.15, -0.1) is 0 Å². The summed E-state index contributed by atoms with van der Waals surface area (Å²) in [7, 11) is 0. The highest BCUT2D eigenvalue weighted by atomic mass is 15.1. The van der Waals surface area contributed by atoms with Crippen molar-refractivity contribution in [3.8, 4) is 11.3 Å². The fourth-order valence-electron chi connectivity index (χ4n) is 2.17. The summed E-state index contributed by atoms with van der Waals surface area (Å²) >= 11 is 0. The molecule has 0 radical (unpaired) electrons. The zero-order valence-electron chi connectivity index (χ0n) is 7.72. The second kappa shape index (κ2) is 2.69. The van der Waals surface area contributed by atoms with Gasteiger partial charge in [0.15, 0.2) is 0 Å². The molecule has 3 nitrogen and oxygen atoms in total. The van der Waals surface area contributed by atoms with Crippen LogP contribution in [0.4, 0.5) is 0 Å². The van der Waals surface area contributed by atoms with Crippen LogP contribution in [-0.2, 0) is 0 Å². The monoisotopic (exact) mass is 185 g/mol. The van der Waals surface area contributed by atoms with Crippen LogP contribution in [0.15, 0.2) is 36.8 Å². The van der Waals surface area contributed by atoms with Crippen molar-refractivity contribution in [2.45, 2.75) is 6.04 Å². The average Bonchev–Trinajstić information content (AvgIpc) is 2.77. The van der Waals surface area contributed by atoms with Crippen molar-refractivity contribution in [3.05, 3.63) is 42.4 Å². The van der Waals surface area contributed by atoms with Crippen molar-refractivity contribution in [3.63, 3.8) is 0 Å². The van der Waals surface area contributed by atoms with Crippen molar-refractivity contribution in [2.24, 2.45) is 5.73 Å². The quantitative estimate of drug-likeness (QED) is 0.730. The lowest BCUT2D eigenvalue weighted by atomic mass is 10.0. The third-order valence-electron chi connectivity index (χ3n) is 2.82. The van der Waals surface area contributed by atoms with E-state index in [1.54, 1.807) is 0 Å². The molecule has 1 aliphatic rings. The third kappa shape index (κ3) is 0.822. The van der Waals surface area contributed by atoms with Crippen LogP contribution in [0.25, 0.3) is 11.3 Å². The maximum absolute atomic E-state index is 5.77. The van der Waals surface area contributed by atoms with Crippen LogP contribution in [0.2, 0.25) is 0 Å². The molecule has 2 heterocycles. The highest BCUT2D eigenvalue weighted by Crippen LogP contribution is 2.37. The number of rotatable bonds is 1. The molecule has 1 aromatic carbocycles. The van der Waals surface area contributed by atoms with Gasteiger partial charge < -0.3 is 10.3 Å². The van der Waals surface area contributed by atoms with Crippen LogP contribution >= 0.6 is 0 Å². The Morgan fingerprint density at radius 3 is 3.07 bits per heavy atom. The van der Waals surface area contributed by atoms with Gasteiger partial charge in [0, 0.05) is 12.1 Å². The number of fused-ring (bicyclic) bond motifs is 3. The summed E-state index contributed by atoms with van der Waals surface area (Å²) in [5.41, 5.74) is 9.53. The van der Waals surface area contributed by atoms with Crippen LogP contribution in [-0.4, -0.2) is 16.1 Å². The standard InChI is InChI=1S/C11H11N3/c12-5-10-8-3-1-2-4-9(8)11-6-13-7-14(10)11/h1-4,6-7,10H,5,12H2. The van der Waals surface area contributed by atoms with Crippen molar-refractivity contribution >= 4 is 0 Å². The van der Waals surface area contributed by atoms with Crippen LogP contribution < -0.4 is 5.73 Å². The van der Waals surface area contributed by atoms with Gasteiger partial charge in [0.25, 0.3) is 0 Å². The lowest BCUT2D eigenvalue weighted by molar-refractivity contribution is 0.622. The lowest BCUT2D eigenvalue weighted by Crippen LogP contribution is -2.16. The van der Waals surface area contributed by atoms with Gasteiger partial charge >= 0.3 is 0 Å². The Morgan fingerprint density at radius 1 is 1.36 bits per heavy atom. The Balaban J connectivity index is 2.30. The molecule has 3 rings (SSSR count). The molecule has 70 valence electrons. The smallest absolute Gasteiger partial charge is 0.0957 e. The van der Waals surface area contributed by atoms with Crippen LogP contribution in [0, 0.1) is 0 Å². The molecule has 0 fully saturated rings. The number of hydrogen-bond donors (Lipinski definition) is 1. The zero-order valence-corrected chi connectivity index (χ0v) is 7.72. The Bertz CT molecular complexity index is 473. The van der Waals surface area contributed by atoms with E-state index in [0.29, 0.717) is 6.54 Å². The van der Waals surface area contributed by atoms with Gasteiger partial charge in [-0.3, -0.25) is 0 Å². The fourth-order valence-corrected chi connectivity index (χ4v) is 2.17. The number of aromatic nitrogens is 2. The first kappa shape index (κ1) is 7.76. The van der Waals surface area contributed by atoms with E-state index in [0.717, 1.165) is 0 Å². The van der Waals surface area contributed by atoms with Crippen molar-refractivity contribution < 1.29 is 0 Å². The maximum Gasteiger partial charge on any atom is 0.0957 e. The normalized spacial score (nSPS) is 17.9. The first-order valence-corrected chi connectivity index (χ1v) is 4.73. The highest BCUT2D eigenvalue weighted by molar-refractivity contribution is 5.68. The van der Waals surface area contributed by atoms with Crippen LogP contribution in [0.3, 0.4) is 0 Å². The zero-order chi connectivity index (χ0) is 9.54. The van der Waals surface area contributed by atoms with Gasteiger partial charge in [0.05, 0.1) is 24.3 Å². The average molecular weight is 185 g/mol. The van der Waals surface area contributed by atoms with Gasteiger partial charge in [-0.2, -0.15) is 0 Å². The number of hydrogen-bond acceptors (Lipinski definition) is 2. The SMILES string of the molecule is NCC1c2ccccc2-c2cncn21. The predicted molar refractivity (Wildman–Crippen MR) is 54.9 cm³/mol. The van der Waals surface area contributed by atoms with Crippen molar-refractivity contribution in [1.82, 2.24) is 9.55 Å². The van der Waals surface area contributed by atoms with E-state index < -0.39 is 0 Å². The van der Waals surface area contributed by atoms with Gasteiger partial charge in [0.1, 0.15) is 0 Å². The molecule has 1 aromatic heterocycles. The summed E-state index contributed by atoms with van der Waals surface area (Å²) in [6, 6.07) is 8.64. The number of imidazole rings is 1. The largest absolute Gasteiger partial charge is 0.328 e. The second-order valence-electron chi connectivity index (χ2n) is 3.52. The van der Waals surface area contributed by atoms with E-state index in [-0.39, 0.29) is 6.04 Å². The summed E-state index contributed by atoms with van der Waals surface area (Å²) in [6.45, 7) is 0.625. The molecular formula is C11H11N3. The summed E-state index contributed by atoms with van der Waals surface area (Å²) < 4.78 is 2.14. The summed E-state index contributed by atoms with van der Waals surface area (Å²) in [5.74, 6) is 0. The first-order chi connectivity index (χ1) is 6.92. The minimum atomic E-state index is 0.267. The Labute approximate surface area is 82.2 Å². The number of nitrogens with two attached hydrogens (primary N) is 1. The van der Waals surface area contributed by atoms with Crippen molar-refractivity contribution in [1.29, 1.82) is 0 Å². The maximum atomic E-state index is 5.77. The van der Waals surface area contributed by atoms with Crippen molar-refractivity contribution in [2.75, 3.05) is 6.54 Å². The van der Waals surface area contributed by atoms with Crippen LogP contribution in [0.1, 0.15) is 11.6 Å². The van der Waals surface area contributed by atoms with E-state index in [2.05, 4.69) is 33.8 Å². The van der Waals surface area contributed by atoms with Gasteiger partial charge in [-0.1, -0.05) is 24.3 Å². The van der Waals surface area contributed by atoms with E-state index in [1.807, 2.05) is 12.5 Å². The lowest BCUT2D eigenvalue weighted by Gasteiger charge is -2.10. The molecule has 2 N–H and O–H groups in total. The predicted octanol–water partition coefficient (Wildman–Crippen LogP) is 1.41. The molecule has 3 heteroatoms. The van der Waals surface area contributed by atoms with E-state index in [9.17, 15) is 0 Å². The summed E-state index contributed by atoms with van der Waals surface area (Å²) in [5, 5.41) is 0. The molecule has 0 saturated carbocycles. The first-order valence-electron chi connectivity index (χ1n) is 4.73. The number of nitrogens with zero attached hydrogens (tertiary/aromatic N) is 2. The third-order valence-corrected chi connectivity index (χ3v) is 2.82. The minimum absolute atomic E-state index is 0.267. The second-order valence-corrected chi connectivity index (χ2v) is 3.52. The molecule has 0 amide bonds. The molecule has 1 atom stereocenters. The molecule has 2 aromatic rings. The molecule has 0 saturated heterocycles. The van der Waals surface area contributed by atoms with Crippen LogP contribution in [0.5, 0.6) is 0 Å². The Morgan fingerprint density at radius 2 is 2.21 bits per heavy atom. The van der Waals surface area contributed by atoms with E-state index in [4.69, 9.17) is 5.73 Å². The molecule has 0 aliphatic carbocycles. The molecule has 0 spiro atoms. The number of benzene rings is 1. The topological polar surface area (TPSA) is 43.8 Å². The Kier molecular flexibility index (Phi) is 1.49. The molecule has 1 aliphatic heterocycles. The summed E-state index contributed by atoms with van der Waals surface area (Å²) in [6.07, 6.45) is 3.75. The Hall–Kier alpha value is -1.61. The molecule has 0 bridgehead atoms. The van der Waals surface area contributed by atoms with E-state index in [1.165, 1.54) is 16.8 Å². The molecule has 14 heavy (non-hydrogen) atoms. The fraction of sp³-hybridized carbons (Fsp3) is 0.182. The van der Waals surface area contributed by atoms with Gasteiger partial charge in [-0.05, 0) is 5.56 Å². The van der Waals surface area contributed by atoms with Gasteiger partial charge in [-0.25, -0.2) is 4.98 Å². The van der Waals surface area contributed by atoms with Gasteiger partial charge in [0.2, 0.25) is 0 Å². The summed E-state index contributed by atoms with van der Waals surface area (Å²) in [4.78, 5) is 4.15.